The number of aromatic amines is 1. The number of nitrogens with one attached hydrogen (secondary N) is 3. The first-order valence-corrected chi connectivity index (χ1v) is 12.7. The van der Waals surface area contributed by atoms with E-state index in [-0.39, 0.29) is 24.4 Å². The number of hydrazine groups is 1. The fourth-order valence-corrected chi connectivity index (χ4v) is 5.15. The van der Waals surface area contributed by atoms with Crippen LogP contribution in [0, 0.1) is 12.7 Å². The Morgan fingerprint density at radius 3 is 2.82 bits per heavy atom. The van der Waals surface area contributed by atoms with Crippen molar-refractivity contribution in [3.8, 4) is 17.0 Å². The normalized spacial score (nSPS) is 17.6. The zero-order valence-electron chi connectivity index (χ0n) is 21.7. The summed E-state index contributed by atoms with van der Waals surface area (Å²) in [5, 5.41) is 11.4. The Morgan fingerprint density at radius 2 is 2.05 bits per heavy atom. The van der Waals surface area contributed by atoms with Gasteiger partial charge in [-0.3, -0.25) is 30.0 Å². The number of carbonyl (C=O) groups is 2. The number of nitrogens with two attached hydrogens (primary N) is 1. The Kier molecular flexibility index (Phi) is 7.53. The van der Waals surface area contributed by atoms with Gasteiger partial charge >= 0.3 is 0 Å². The molecule has 11 heteroatoms. The maximum Gasteiger partial charge on any atom is 0.251 e. The molecule has 2 atom stereocenters. The summed E-state index contributed by atoms with van der Waals surface area (Å²) in [5.41, 5.74) is 6.36. The van der Waals surface area contributed by atoms with Gasteiger partial charge in [0.2, 0.25) is 0 Å². The summed E-state index contributed by atoms with van der Waals surface area (Å²) in [6, 6.07) is 13.0. The number of aryl methyl sites for hydroxylation is 1. The Hall–Kier alpha value is -4.35. The second kappa shape index (κ2) is 11.2. The summed E-state index contributed by atoms with van der Waals surface area (Å²) in [4.78, 5) is 31.9. The Bertz CT molecular complexity index is 1520. The SMILES string of the molecule is COc1cccc(F)c1CN1C[C@H](NC(=O)c2ccc3[nH]nc(-c4ccnc(C)c4)c3c2)CC[C@H]1C(=O)NN. The molecular weight excluding hydrogens is 501 g/mol. The molecule has 0 radical (unpaired) electrons. The van der Waals surface area contributed by atoms with E-state index < -0.39 is 11.9 Å². The Morgan fingerprint density at radius 1 is 1.21 bits per heavy atom. The van der Waals surface area contributed by atoms with E-state index in [9.17, 15) is 14.0 Å². The second-order valence-electron chi connectivity index (χ2n) is 9.64. The van der Waals surface area contributed by atoms with Gasteiger partial charge in [-0.05, 0) is 62.2 Å². The first kappa shape index (κ1) is 26.3. The van der Waals surface area contributed by atoms with Gasteiger partial charge in [-0.1, -0.05) is 6.07 Å². The number of hydrogen-bond acceptors (Lipinski definition) is 7. The molecule has 39 heavy (non-hydrogen) atoms. The highest BCUT2D eigenvalue weighted by Crippen LogP contribution is 2.29. The molecule has 5 N–H and O–H groups in total. The van der Waals surface area contributed by atoms with Crippen LogP contribution in [-0.4, -0.2) is 57.6 Å². The number of fused-ring (bicyclic) bond motifs is 1. The quantitative estimate of drug-likeness (QED) is 0.163. The van der Waals surface area contributed by atoms with Crippen molar-refractivity contribution in [2.24, 2.45) is 5.84 Å². The molecule has 10 nitrogen and oxygen atoms in total. The molecule has 2 aromatic carbocycles. The molecule has 202 valence electrons. The zero-order chi connectivity index (χ0) is 27.5. The molecule has 0 bridgehead atoms. The standard InChI is InChI=1S/C28H30FN7O3/c1-16-12-17(10-11-31-16)26-20-13-18(6-8-23(20)34-35-26)27(37)32-19-7-9-24(28(38)33-30)36(14-19)15-21-22(29)4-3-5-25(21)39-2/h3-6,8,10-13,19,24H,7,9,14-15,30H2,1-2H3,(H,32,37)(H,33,38)(H,34,35)/t19-,24+/m1/s1. The molecule has 0 aliphatic carbocycles. The minimum atomic E-state index is -0.568. The van der Waals surface area contributed by atoms with Crippen molar-refractivity contribution in [3.63, 3.8) is 0 Å². The number of methoxy groups -OCH3 is 1. The molecule has 1 fully saturated rings. The van der Waals surface area contributed by atoms with Crippen LogP contribution in [0.5, 0.6) is 5.75 Å². The minimum Gasteiger partial charge on any atom is -0.496 e. The average molecular weight is 532 g/mol. The number of likely N-dealkylation sites (tertiary alicyclic amines) is 1. The van der Waals surface area contributed by atoms with Gasteiger partial charge in [0.1, 0.15) is 17.3 Å². The van der Waals surface area contributed by atoms with Crippen molar-refractivity contribution in [3.05, 3.63) is 77.4 Å². The molecule has 2 aromatic heterocycles. The number of nitrogens with zero attached hydrogens (tertiary/aromatic N) is 3. The van der Waals surface area contributed by atoms with Crippen LogP contribution in [0.3, 0.4) is 0 Å². The summed E-state index contributed by atoms with van der Waals surface area (Å²) in [5.74, 6) is 4.78. The van der Waals surface area contributed by atoms with Gasteiger partial charge in [-0.25, -0.2) is 10.2 Å². The smallest absolute Gasteiger partial charge is 0.251 e. The number of aromatic nitrogens is 3. The van der Waals surface area contributed by atoms with Gasteiger partial charge in [0.15, 0.2) is 0 Å². The van der Waals surface area contributed by atoms with Crippen molar-refractivity contribution >= 4 is 22.7 Å². The molecule has 0 unspecified atom stereocenters. The highest BCUT2D eigenvalue weighted by atomic mass is 19.1. The lowest BCUT2D eigenvalue weighted by molar-refractivity contribution is -0.128. The summed E-state index contributed by atoms with van der Waals surface area (Å²) < 4.78 is 20.0. The minimum absolute atomic E-state index is 0.121. The van der Waals surface area contributed by atoms with Crippen LogP contribution in [-0.2, 0) is 11.3 Å². The first-order chi connectivity index (χ1) is 18.9. The molecule has 1 aliphatic heterocycles. The van der Waals surface area contributed by atoms with E-state index in [1.54, 1.807) is 24.4 Å². The lowest BCUT2D eigenvalue weighted by Crippen LogP contribution is -2.57. The summed E-state index contributed by atoms with van der Waals surface area (Å²) in [6.07, 6.45) is 2.73. The number of ether oxygens (including phenoxy) is 1. The number of hydrogen-bond donors (Lipinski definition) is 4. The molecule has 0 saturated carbocycles. The van der Waals surface area contributed by atoms with Crippen LogP contribution in [0.15, 0.2) is 54.7 Å². The van der Waals surface area contributed by atoms with Crippen molar-refractivity contribution in [2.45, 2.75) is 38.4 Å². The zero-order valence-corrected chi connectivity index (χ0v) is 21.7. The average Bonchev–Trinajstić information content (AvgIpc) is 3.37. The third kappa shape index (κ3) is 5.45. The molecule has 2 amide bonds. The number of amides is 2. The van der Waals surface area contributed by atoms with Gasteiger partial charge in [-0.2, -0.15) is 5.10 Å². The predicted octanol–water partition coefficient (Wildman–Crippen LogP) is 2.83. The van der Waals surface area contributed by atoms with Crippen LogP contribution in [0.25, 0.3) is 22.2 Å². The molecule has 5 rings (SSSR count). The third-order valence-corrected chi connectivity index (χ3v) is 7.12. The Labute approximate surface area is 224 Å². The van der Waals surface area contributed by atoms with Gasteiger partial charge in [0, 0.05) is 53.1 Å². The number of halogens is 1. The Balaban J connectivity index is 1.36. The number of benzene rings is 2. The van der Waals surface area contributed by atoms with Crippen molar-refractivity contribution < 1.29 is 18.7 Å². The van der Waals surface area contributed by atoms with Crippen molar-refractivity contribution in [2.75, 3.05) is 13.7 Å². The van der Waals surface area contributed by atoms with Crippen LogP contribution in [0.2, 0.25) is 0 Å². The maximum atomic E-state index is 14.7. The van der Waals surface area contributed by atoms with E-state index >= 15 is 0 Å². The fraction of sp³-hybridized carbons (Fsp3) is 0.286. The lowest BCUT2D eigenvalue weighted by Gasteiger charge is -2.39. The molecule has 3 heterocycles. The largest absolute Gasteiger partial charge is 0.496 e. The van der Waals surface area contributed by atoms with Crippen LogP contribution in [0.4, 0.5) is 4.39 Å². The highest BCUT2D eigenvalue weighted by Gasteiger charge is 2.34. The van der Waals surface area contributed by atoms with Gasteiger partial charge in [0.25, 0.3) is 11.8 Å². The maximum absolute atomic E-state index is 14.7. The van der Waals surface area contributed by atoms with E-state index in [1.807, 2.05) is 36.1 Å². The third-order valence-electron chi connectivity index (χ3n) is 7.12. The predicted molar refractivity (Wildman–Crippen MR) is 144 cm³/mol. The monoisotopic (exact) mass is 531 g/mol. The van der Waals surface area contributed by atoms with Crippen molar-refractivity contribution in [1.29, 1.82) is 0 Å². The van der Waals surface area contributed by atoms with E-state index in [0.29, 0.717) is 36.3 Å². The van der Waals surface area contributed by atoms with Gasteiger partial charge < -0.3 is 10.1 Å². The first-order valence-electron chi connectivity index (χ1n) is 12.7. The van der Waals surface area contributed by atoms with Crippen LogP contribution < -0.4 is 21.3 Å². The van der Waals surface area contributed by atoms with Crippen LogP contribution in [0.1, 0.15) is 34.5 Å². The molecule has 1 aliphatic rings. The molecular formula is C28H30FN7O3. The van der Waals surface area contributed by atoms with E-state index in [2.05, 4.69) is 25.9 Å². The molecule has 0 spiro atoms. The summed E-state index contributed by atoms with van der Waals surface area (Å²) >= 11 is 0. The number of H-pyrrole nitrogens is 1. The highest BCUT2D eigenvalue weighted by molar-refractivity contribution is 6.01. The molecule has 4 aromatic rings. The number of carbonyl (C=O) groups excluding carboxylic acids is 2. The second-order valence-corrected chi connectivity index (χ2v) is 9.64. The molecule has 1 saturated heterocycles. The summed E-state index contributed by atoms with van der Waals surface area (Å²) in [7, 11) is 1.47. The van der Waals surface area contributed by atoms with E-state index in [0.717, 1.165) is 27.9 Å². The van der Waals surface area contributed by atoms with Crippen LogP contribution >= 0.6 is 0 Å². The van der Waals surface area contributed by atoms with E-state index in [1.165, 1.54) is 13.2 Å². The lowest BCUT2D eigenvalue weighted by atomic mass is 9.96. The van der Waals surface area contributed by atoms with E-state index in [4.69, 9.17) is 10.6 Å². The summed E-state index contributed by atoms with van der Waals surface area (Å²) in [6.45, 7) is 2.36. The van der Waals surface area contributed by atoms with Gasteiger partial charge in [0.05, 0.1) is 18.7 Å². The number of rotatable bonds is 7. The van der Waals surface area contributed by atoms with Gasteiger partial charge in [-0.15, -0.1) is 0 Å². The number of pyridine rings is 1. The van der Waals surface area contributed by atoms with Crippen molar-refractivity contribution in [1.82, 2.24) is 30.8 Å². The topological polar surface area (TPSA) is 138 Å². The fourth-order valence-electron chi connectivity index (χ4n) is 5.15. The number of piperidine rings is 1.